The third kappa shape index (κ3) is 2.63. The van der Waals surface area contributed by atoms with Crippen LogP contribution in [0.2, 0.25) is 5.02 Å². The fourth-order valence-corrected chi connectivity index (χ4v) is 3.29. The van der Waals surface area contributed by atoms with Crippen LogP contribution in [0.25, 0.3) is 0 Å². The van der Waals surface area contributed by atoms with Crippen LogP contribution in [-0.4, -0.2) is 12.0 Å². The fourth-order valence-electron chi connectivity index (χ4n) is 3.16. The molecule has 1 nitrogen and oxygen atoms in total. The van der Waals surface area contributed by atoms with Crippen molar-refractivity contribution in [3.63, 3.8) is 0 Å². The van der Waals surface area contributed by atoms with Gasteiger partial charge in [0.1, 0.15) is 0 Å². The van der Waals surface area contributed by atoms with Crippen molar-refractivity contribution < 1.29 is 8.78 Å². The molecule has 0 aliphatic heterocycles. The monoisotopic (exact) mass is 285 g/mol. The molecule has 0 radical (unpaired) electrons. The van der Waals surface area contributed by atoms with E-state index < -0.39 is 11.3 Å². The summed E-state index contributed by atoms with van der Waals surface area (Å²) in [6, 6.07) is 8.11. The number of halogens is 3. The molecule has 1 aromatic carbocycles. The summed E-state index contributed by atoms with van der Waals surface area (Å²) in [4.78, 5) is 0. The molecule has 4 heteroatoms. The van der Waals surface area contributed by atoms with E-state index in [-0.39, 0.29) is 6.42 Å². The van der Waals surface area contributed by atoms with E-state index in [0.29, 0.717) is 18.9 Å². The molecule has 0 atom stereocenters. The average Bonchev–Trinajstić information content (AvgIpc) is 2.92. The van der Waals surface area contributed by atoms with E-state index in [1.165, 1.54) is 5.56 Å². The Morgan fingerprint density at radius 2 is 1.74 bits per heavy atom. The minimum Gasteiger partial charge on any atom is -0.310 e. The van der Waals surface area contributed by atoms with Crippen LogP contribution in [0.3, 0.4) is 0 Å². The molecule has 2 aliphatic rings. The van der Waals surface area contributed by atoms with Gasteiger partial charge in [-0.1, -0.05) is 23.7 Å². The highest BCUT2D eigenvalue weighted by molar-refractivity contribution is 6.30. The first-order valence-electron chi connectivity index (χ1n) is 6.86. The van der Waals surface area contributed by atoms with Gasteiger partial charge in [0.05, 0.1) is 0 Å². The zero-order chi connectivity index (χ0) is 13.5. The first-order chi connectivity index (χ1) is 9.01. The highest BCUT2D eigenvalue weighted by Gasteiger charge is 2.70. The maximum absolute atomic E-state index is 13.3. The average molecular weight is 286 g/mol. The van der Waals surface area contributed by atoms with E-state index in [2.05, 4.69) is 5.32 Å². The van der Waals surface area contributed by atoms with Gasteiger partial charge in [0.15, 0.2) is 0 Å². The van der Waals surface area contributed by atoms with Crippen LogP contribution in [-0.2, 0) is 6.54 Å². The van der Waals surface area contributed by atoms with Crippen molar-refractivity contribution in [2.24, 2.45) is 5.41 Å². The fraction of sp³-hybridized carbons (Fsp3) is 0.600. The van der Waals surface area contributed by atoms with Gasteiger partial charge < -0.3 is 5.32 Å². The zero-order valence-corrected chi connectivity index (χ0v) is 11.5. The Morgan fingerprint density at radius 1 is 1.16 bits per heavy atom. The van der Waals surface area contributed by atoms with Crippen molar-refractivity contribution in [3.05, 3.63) is 34.9 Å². The molecule has 0 aromatic heterocycles. The molecular weight excluding hydrogens is 268 g/mol. The lowest BCUT2D eigenvalue weighted by atomic mass is 9.83. The minimum absolute atomic E-state index is 0.115. The van der Waals surface area contributed by atoms with Crippen LogP contribution in [0.15, 0.2) is 24.3 Å². The predicted octanol–water partition coefficient (Wildman–Crippen LogP) is 4.40. The van der Waals surface area contributed by atoms with E-state index in [9.17, 15) is 8.78 Å². The van der Waals surface area contributed by atoms with Crippen LogP contribution >= 0.6 is 11.6 Å². The molecule has 3 rings (SSSR count). The molecule has 1 N–H and O–H groups in total. The summed E-state index contributed by atoms with van der Waals surface area (Å²) in [5.41, 5.74) is 0.548. The molecule has 0 bridgehead atoms. The van der Waals surface area contributed by atoms with Gasteiger partial charge in [-0.3, -0.25) is 0 Å². The first-order valence-corrected chi connectivity index (χ1v) is 7.24. The number of benzene rings is 1. The Kier molecular flexibility index (Phi) is 3.30. The van der Waals surface area contributed by atoms with E-state index in [0.717, 1.165) is 24.4 Å². The molecule has 2 aliphatic carbocycles. The molecular formula is C15H18ClF2N. The summed E-state index contributed by atoms with van der Waals surface area (Å²) in [7, 11) is 0. The second kappa shape index (κ2) is 4.71. The van der Waals surface area contributed by atoms with Crippen LogP contribution < -0.4 is 5.32 Å². The molecule has 104 valence electrons. The normalized spacial score (nSPS) is 32.5. The maximum Gasteiger partial charge on any atom is 0.254 e. The van der Waals surface area contributed by atoms with Gasteiger partial charge in [-0.2, -0.15) is 0 Å². The molecule has 1 spiro atoms. The molecule has 19 heavy (non-hydrogen) atoms. The summed E-state index contributed by atoms with van der Waals surface area (Å²) in [5, 5.41) is 4.20. The third-order valence-corrected chi connectivity index (χ3v) is 4.91. The number of alkyl halides is 2. The highest BCUT2D eigenvalue weighted by atomic mass is 35.5. The van der Waals surface area contributed by atoms with Gasteiger partial charge in [-0.15, -0.1) is 0 Å². The van der Waals surface area contributed by atoms with Crippen molar-refractivity contribution in [2.75, 3.05) is 0 Å². The topological polar surface area (TPSA) is 12.0 Å². The Balaban J connectivity index is 1.47. The molecule has 0 saturated heterocycles. The second-order valence-corrected chi connectivity index (χ2v) is 6.38. The second-order valence-electron chi connectivity index (χ2n) is 5.94. The molecule has 2 saturated carbocycles. The smallest absolute Gasteiger partial charge is 0.254 e. The number of hydrogen-bond donors (Lipinski definition) is 1. The zero-order valence-electron chi connectivity index (χ0n) is 10.8. The summed E-state index contributed by atoms with van der Waals surface area (Å²) in [6.07, 6.45) is 3.17. The lowest BCUT2D eigenvalue weighted by Gasteiger charge is -2.29. The van der Waals surface area contributed by atoms with Crippen molar-refractivity contribution in [3.8, 4) is 0 Å². The highest BCUT2D eigenvalue weighted by Crippen LogP contribution is 2.67. The number of nitrogens with one attached hydrogen (secondary N) is 1. The van der Waals surface area contributed by atoms with Crippen molar-refractivity contribution in [2.45, 2.75) is 50.6 Å². The molecule has 0 unspecified atom stereocenters. The number of rotatable bonds is 3. The van der Waals surface area contributed by atoms with Crippen LogP contribution in [0.4, 0.5) is 8.78 Å². The third-order valence-electron chi connectivity index (χ3n) is 4.66. The van der Waals surface area contributed by atoms with Crippen LogP contribution in [0.5, 0.6) is 0 Å². The van der Waals surface area contributed by atoms with Gasteiger partial charge >= 0.3 is 0 Å². The summed E-state index contributed by atoms with van der Waals surface area (Å²) in [5.74, 6) is -2.38. The molecule has 1 aromatic rings. The lowest BCUT2D eigenvalue weighted by Crippen LogP contribution is -2.34. The quantitative estimate of drug-likeness (QED) is 0.868. The van der Waals surface area contributed by atoms with Gasteiger partial charge in [-0.05, 0) is 43.4 Å². The Bertz CT molecular complexity index is 450. The van der Waals surface area contributed by atoms with Crippen LogP contribution in [0, 0.1) is 5.41 Å². The van der Waals surface area contributed by atoms with Crippen molar-refractivity contribution >= 4 is 11.6 Å². The van der Waals surface area contributed by atoms with Crippen molar-refractivity contribution in [1.29, 1.82) is 0 Å². The van der Waals surface area contributed by atoms with Gasteiger partial charge in [0.25, 0.3) is 5.92 Å². The lowest BCUT2D eigenvalue weighted by molar-refractivity contribution is 0.0437. The molecule has 2 fully saturated rings. The SMILES string of the molecule is FC1(F)CC12CCC(NCc1ccc(Cl)cc1)CC2. The van der Waals surface area contributed by atoms with Gasteiger partial charge in [-0.25, -0.2) is 8.78 Å². The largest absolute Gasteiger partial charge is 0.310 e. The molecule has 0 heterocycles. The van der Waals surface area contributed by atoms with Crippen LogP contribution in [0.1, 0.15) is 37.7 Å². The maximum atomic E-state index is 13.3. The summed E-state index contributed by atoms with van der Waals surface area (Å²) in [6.45, 7) is 0.783. The summed E-state index contributed by atoms with van der Waals surface area (Å²) < 4.78 is 26.5. The van der Waals surface area contributed by atoms with E-state index in [1.807, 2.05) is 24.3 Å². The van der Waals surface area contributed by atoms with Crippen molar-refractivity contribution in [1.82, 2.24) is 5.32 Å². The predicted molar refractivity (Wildman–Crippen MR) is 72.5 cm³/mol. The summed E-state index contributed by atoms with van der Waals surface area (Å²) >= 11 is 5.83. The Hall–Kier alpha value is -0.670. The van der Waals surface area contributed by atoms with Gasteiger partial charge in [0, 0.05) is 29.4 Å². The molecule has 0 amide bonds. The minimum atomic E-state index is -2.38. The standard InChI is InChI=1S/C15H18ClF2N/c16-12-3-1-11(2-4-12)9-19-13-5-7-14(8-6-13)10-15(14,17)18/h1-4,13,19H,5-10H2. The Labute approximate surface area is 117 Å². The number of hydrogen-bond acceptors (Lipinski definition) is 1. The van der Waals surface area contributed by atoms with E-state index >= 15 is 0 Å². The van der Waals surface area contributed by atoms with Gasteiger partial charge in [0.2, 0.25) is 0 Å². The first kappa shape index (κ1) is 13.3. The van der Waals surface area contributed by atoms with E-state index in [4.69, 9.17) is 11.6 Å². The van der Waals surface area contributed by atoms with E-state index in [1.54, 1.807) is 0 Å². The Morgan fingerprint density at radius 3 is 2.26 bits per heavy atom.